The molecule has 0 saturated heterocycles. The Morgan fingerprint density at radius 1 is 1.00 bits per heavy atom. The lowest BCUT2D eigenvalue weighted by Crippen LogP contribution is -2.39. The van der Waals surface area contributed by atoms with Crippen LogP contribution < -0.4 is 5.32 Å². The monoisotopic (exact) mass is 350 g/mol. The maximum atomic E-state index is 12.4. The van der Waals surface area contributed by atoms with Crippen molar-refractivity contribution in [3.8, 4) is 0 Å². The molecule has 0 heterocycles. The van der Waals surface area contributed by atoms with Crippen molar-refractivity contribution < 1.29 is 4.79 Å². The number of carbonyl (C=O) groups excluding carboxylic acids is 1. The van der Waals surface area contributed by atoms with Crippen molar-refractivity contribution >= 4 is 46.5 Å². The Morgan fingerprint density at radius 2 is 1.48 bits per heavy atom. The molecule has 0 aliphatic carbocycles. The fourth-order valence-electron chi connectivity index (χ4n) is 1.93. The van der Waals surface area contributed by atoms with E-state index in [0.717, 1.165) is 0 Å². The van der Waals surface area contributed by atoms with E-state index in [1.54, 1.807) is 11.0 Å². The maximum Gasteiger partial charge on any atom is 0.321 e. The first-order chi connectivity index (χ1) is 9.70. The van der Waals surface area contributed by atoms with E-state index < -0.39 is 0 Å². The first-order valence-electron chi connectivity index (χ1n) is 6.91. The summed E-state index contributed by atoms with van der Waals surface area (Å²) in [5, 5.41) is 3.89. The fraction of sp³-hybridized carbons (Fsp3) is 0.533. The van der Waals surface area contributed by atoms with Crippen LogP contribution in [0.4, 0.5) is 10.5 Å². The van der Waals surface area contributed by atoms with E-state index in [9.17, 15) is 4.79 Å². The van der Waals surface area contributed by atoms with Crippen LogP contribution in [-0.4, -0.2) is 24.0 Å². The Kier molecular flexibility index (Phi) is 7.11. The number of hydrogen-bond donors (Lipinski definition) is 1. The Hall–Kier alpha value is -0.640. The molecule has 21 heavy (non-hydrogen) atoms. The Labute approximate surface area is 141 Å². The van der Waals surface area contributed by atoms with Gasteiger partial charge in [-0.15, -0.1) is 0 Å². The third kappa shape index (κ3) is 5.93. The first kappa shape index (κ1) is 18.4. The second-order valence-electron chi connectivity index (χ2n) is 5.87. The molecule has 6 heteroatoms. The van der Waals surface area contributed by atoms with E-state index in [0.29, 0.717) is 45.7 Å². The van der Waals surface area contributed by atoms with Gasteiger partial charge in [0.15, 0.2) is 0 Å². The molecule has 0 aliphatic heterocycles. The largest absolute Gasteiger partial charge is 0.324 e. The lowest BCUT2D eigenvalue weighted by molar-refractivity contribution is 0.196. The fourth-order valence-corrected chi connectivity index (χ4v) is 2.53. The first-order valence-corrected chi connectivity index (χ1v) is 8.04. The van der Waals surface area contributed by atoms with Crippen LogP contribution in [0.25, 0.3) is 0 Å². The molecule has 1 rings (SSSR count). The van der Waals surface area contributed by atoms with Crippen molar-refractivity contribution in [2.24, 2.45) is 11.8 Å². The summed E-state index contributed by atoms with van der Waals surface area (Å²) in [6.45, 7) is 9.67. The van der Waals surface area contributed by atoms with Crippen LogP contribution in [0.2, 0.25) is 15.1 Å². The molecule has 0 radical (unpaired) electrons. The third-order valence-corrected chi connectivity index (χ3v) is 3.74. The summed E-state index contributed by atoms with van der Waals surface area (Å²) in [4.78, 5) is 14.2. The van der Waals surface area contributed by atoms with Gasteiger partial charge in [-0.1, -0.05) is 62.5 Å². The van der Waals surface area contributed by atoms with Crippen LogP contribution in [0, 0.1) is 11.8 Å². The molecule has 0 saturated carbocycles. The molecule has 118 valence electrons. The number of hydrogen-bond acceptors (Lipinski definition) is 1. The molecule has 1 aromatic carbocycles. The van der Waals surface area contributed by atoms with Gasteiger partial charge >= 0.3 is 6.03 Å². The van der Waals surface area contributed by atoms with Crippen LogP contribution in [0.5, 0.6) is 0 Å². The van der Waals surface area contributed by atoms with E-state index in [-0.39, 0.29) is 6.03 Å². The highest BCUT2D eigenvalue weighted by atomic mass is 35.5. The van der Waals surface area contributed by atoms with Gasteiger partial charge in [0, 0.05) is 13.1 Å². The van der Waals surface area contributed by atoms with Crippen molar-refractivity contribution in [1.82, 2.24) is 4.90 Å². The molecule has 0 aliphatic rings. The molecular weight excluding hydrogens is 331 g/mol. The van der Waals surface area contributed by atoms with Gasteiger partial charge in [0.2, 0.25) is 0 Å². The van der Waals surface area contributed by atoms with Crippen molar-refractivity contribution in [2.45, 2.75) is 27.7 Å². The van der Waals surface area contributed by atoms with Crippen LogP contribution in [0.3, 0.4) is 0 Å². The average molecular weight is 352 g/mol. The third-order valence-electron chi connectivity index (χ3n) is 2.71. The zero-order chi connectivity index (χ0) is 16.2. The quantitative estimate of drug-likeness (QED) is 0.669. The SMILES string of the molecule is CC(C)CN(CC(C)C)C(=O)Nc1cc(Cl)c(Cl)cc1Cl. The number of carbonyl (C=O) groups is 1. The van der Waals surface area contributed by atoms with Crippen molar-refractivity contribution in [3.63, 3.8) is 0 Å². The Balaban J connectivity index is 2.88. The lowest BCUT2D eigenvalue weighted by atomic mass is 10.1. The highest BCUT2D eigenvalue weighted by Gasteiger charge is 2.18. The van der Waals surface area contributed by atoms with E-state index in [4.69, 9.17) is 34.8 Å². The summed E-state index contributed by atoms with van der Waals surface area (Å²) >= 11 is 17.9. The molecule has 0 unspecified atom stereocenters. The molecule has 0 spiro atoms. The molecule has 0 fully saturated rings. The average Bonchev–Trinajstić information content (AvgIpc) is 2.33. The van der Waals surface area contributed by atoms with E-state index in [1.807, 2.05) is 0 Å². The summed E-state index contributed by atoms with van der Waals surface area (Å²) < 4.78 is 0. The molecule has 0 bridgehead atoms. The van der Waals surface area contributed by atoms with Gasteiger partial charge in [-0.3, -0.25) is 0 Å². The topological polar surface area (TPSA) is 32.3 Å². The molecule has 1 N–H and O–H groups in total. The van der Waals surface area contributed by atoms with Gasteiger partial charge in [0.25, 0.3) is 0 Å². The number of nitrogens with one attached hydrogen (secondary N) is 1. The predicted octanol–water partition coefficient (Wildman–Crippen LogP) is 5.79. The van der Waals surface area contributed by atoms with E-state index in [2.05, 4.69) is 33.0 Å². The number of benzene rings is 1. The van der Waals surface area contributed by atoms with E-state index in [1.165, 1.54) is 6.07 Å². The lowest BCUT2D eigenvalue weighted by Gasteiger charge is -2.26. The van der Waals surface area contributed by atoms with Gasteiger partial charge in [-0.05, 0) is 24.0 Å². The molecular formula is C15H21Cl3N2O. The summed E-state index contributed by atoms with van der Waals surface area (Å²) in [5.41, 5.74) is 0.466. The minimum atomic E-state index is -0.183. The van der Waals surface area contributed by atoms with Crippen LogP contribution >= 0.6 is 34.8 Å². The second-order valence-corrected chi connectivity index (χ2v) is 7.09. The van der Waals surface area contributed by atoms with E-state index >= 15 is 0 Å². The highest BCUT2D eigenvalue weighted by Crippen LogP contribution is 2.32. The summed E-state index contributed by atoms with van der Waals surface area (Å²) in [6, 6.07) is 2.90. The minimum Gasteiger partial charge on any atom is -0.324 e. The Bertz CT molecular complexity index is 494. The van der Waals surface area contributed by atoms with Gasteiger partial charge in [0.05, 0.1) is 20.8 Å². The molecule has 3 nitrogen and oxygen atoms in total. The number of urea groups is 1. The van der Waals surface area contributed by atoms with Gasteiger partial charge in [-0.2, -0.15) is 0 Å². The molecule has 2 amide bonds. The second kappa shape index (κ2) is 8.11. The number of anilines is 1. The zero-order valence-corrected chi connectivity index (χ0v) is 15.0. The number of amides is 2. The van der Waals surface area contributed by atoms with Gasteiger partial charge < -0.3 is 10.2 Å². The standard InChI is InChI=1S/C15H21Cl3N2O/c1-9(2)7-20(8-10(3)4)15(21)19-14-6-12(17)11(16)5-13(14)18/h5-6,9-10H,7-8H2,1-4H3,(H,19,21). The van der Waals surface area contributed by atoms with Crippen molar-refractivity contribution in [1.29, 1.82) is 0 Å². The van der Waals surface area contributed by atoms with Crippen LogP contribution in [0.1, 0.15) is 27.7 Å². The summed E-state index contributed by atoms with van der Waals surface area (Å²) in [5.74, 6) is 0.776. The van der Waals surface area contributed by atoms with Crippen LogP contribution in [-0.2, 0) is 0 Å². The van der Waals surface area contributed by atoms with Gasteiger partial charge in [-0.25, -0.2) is 4.79 Å². The maximum absolute atomic E-state index is 12.4. The molecule has 0 atom stereocenters. The Morgan fingerprint density at radius 3 is 1.95 bits per heavy atom. The summed E-state index contributed by atoms with van der Waals surface area (Å²) in [7, 11) is 0. The smallest absolute Gasteiger partial charge is 0.321 e. The van der Waals surface area contributed by atoms with Crippen molar-refractivity contribution in [2.75, 3.05) is 18.4 Å². The highest BCUT2D eigenvalue weighted by molar-refractivity contribution is 6.44. The number of nitrogens with zero attached hydrogens (tertiary/aromatic N) is 1. The minimum absolute atomic E-state index is 0.183. The molecule has 0 aromatic heterocycles. The van der Waals surface area contributed by atoms with Gasteiger partial charge in [0.1, 0.15) is 0 Å². The predicted molar refractivity (Wildman–Crippen MR) is 91.7 cm³/mol. The van der Waals surface area contributed by atoms with Crippen molar-refractivity contribution in [3.05, 3.63) is 27.2 Å². The zero-order valence-electron chi connectivity index (χ0n) is 12.7. The normalized spacial score (nSPS) is 11.1. The number of rotatable bonds is 5. The molecule has 1 aromatic rings. The summed E-state index contributed by atoms with van der Waals surface area (Å²) in [6.07, 6.45) is 0. The number of halogens is 3. The van der Waals surface area contributed by atoms with Crippen LogP contribution in [0.15, 0.2) is 12.1 Å².